The minimum Gasteiger partial charge on any atom is -0.0842 e. The molecule has 0 bridgehead atoms. The van der Waals surface area contributed by atoms with Crippen molar-refractivity contribution >= 4 is 27.5 Å². The molecule has 0 heterocycles. The van der Waals surface area contributed by atoms with Gasteiger partial charge >= 0.3 is 0 Å². The summed E-state index contributed by atoms with van der Waals surface area (Å²) in [5.74, 6) is 0. The van der Waals surface area contributed by atoms with Crippen LogP contribution in [-0.4, -0.2) is 0 Å². The Kier molecular flexibility index (Phi) is 3.67. The first kappa shape index (κ1) is 11.7. The molecule has 1 unspecified atom stereocenters. The van der Waals surface area contributed by atoms with E-state index in [0.29, 0.717) is 4.83 Å². The van der Waals surface area contributed by atoms with E-state index >= 15 is 0 Å². The van der Waals surface area contributed by atoms with Crippen LogP contribution in [-0.2, 0) is 0 Å². The van der Waals surface area contributed by atoms with Crippen LogP contribution < -0.4 is 0 Å². The van der Waals surface area contributed by atoms with Gasteiger partial charge in [-0.05, 0) is 24.1 Å². The van der Waals surface area contributed by atoms with Crippen molar-refractivity contribution in [3.05, 3.63) is 59.1 Å². The fourth-order valence-electron chi connectivity index (χ4n) is 1.63. The van der Waals surface area contributed by atoms with Crippen molar-refractivity contribution in [2.45, 2.75) is 11.8 Å². The normalized spacial score (nSPS) is 12.4. The van der Waals surface area contributed by atoms with Gasteiger partial charge in [0.1, 0.15) is 0 Å². The number of halogens is 2. The maximum absolute atomic E-state index is 6.29. The summed E-state index contributed by atoms with van der Waals surface area (Å²) in [4.78, 5) is 0.329. The van der Waals surface area contributed by atoms with Gasteiger partial charge < -0.3 is 0 Å². The summed E-state index contributed by atoms with van der Waals surface area (Å²) < 4.78 is 0. The topological polar surface area (TPSA) is 0 Å². The van der Waals surface area contributed by atoms with Crippen LogP contribution >= 0.6 is 27.5 Å². The van der Waals surface area contributed by atoms with E-state index in [-0.39, 0.29) is 0 Å². The number of benzene rings is 2. The molecule has 0 aromatic heterocycles. The van der Waals surface area contributed by atoms with E-state index in [2.05, 4.69) is 47.1 Å². The Morgan fingerprint density at radius 2 is 1.75 bits per heavy atom. The van der Waals surface area contributed by atoms with Gasteiger partial charge in [-0.15, -0.1) is 0 Å². The van der Waals surface area contributed by atoms with Crippen molar-refractivity contribution < 1.29 is 0 Å². The van der Waals surface area contributed by atoms with Gasteiger partial charge in [0.2, 0.25) is 0 Å². The first-order chi connectivity index (χ1) is 7.68. The summed E-state index contributed by atoms with van der Waals surface area (Å²) in [6, 6.07) is 16.4. The van der Waals surface area contributed by atoms with Gasteiger partial charge in [-0.1, -0.05) is 70.0 Å². The molecule has 0 aliphatic heterocycles. The van der Waals surface area contributed by atoms with Crippen molar-refractivity contribution in [3.63, 3.8) is 0 Å². The summed E-state index contributed by atoms with van der Waals surface area (Å²) in [5.41, 5.74) is 3.44. The molecule has 0 N–H and O–H groups in total. The van der Waals surface area contributed by atoms with E-state index in [1.165, 1.54) is 5.56 Å². The molecular weight excluding hydrogens is 284 g/mol. The Labute approximate surface area is 109 Å². The van der Waals surface area contributed by atoms with Gasteiger partial charge in [0.15, 0.2) is 0 Å². The number of hydrogen-bond donors (Lipinski definition) is 0. The second-order valence-electron chi connectivity index (χ2n) is 3.72. The predicted octanol–water partition coefficient (Wildman–Crippen LogP) is 5.46. The van der Waals surface area contributed by atoms with Gasteiger partial charge in [0, 0.05) is 15.4 Å². The lowest BCUT2D eigenvalue weighted by Crippen LogP contribution is -1.86. The first-order valence-corrected chi connectivity index (χ1v) is 6.47. The van der Waals surface area contributed by atoms with Crippen molar-refractivity contribution in [1.29, 1.82) is 0 Å². The van der Waals surface area contributed by atoms with E-state index in [9.17, 15) is 0 Å². The van der Waals surface area contributed by atoms with Crippen LogP contribution in [0.3, 0.4) is 0 Å². The molecule has 2 rings (SSSR count). The highest BCUT2D eigenvalue weighted by molar-refractivity contribution is 9.09. The van der Waals surface area contributed by atoms with Gasteiger partial charge in [0.25, 0.3) is 0 Å². The molecule has 82 valence electrons. The van der Waals surface area contributed by atoms with Crippen molar-refractivity contribution in [3.8, 4) is 11.1 Å². The summed E-state index contributed by atoms with van der Waals surface area (Å²) in [5, 5.41) is 0.801. The van der Waals surface area contributed by atoms with Gasteiger partial charge in [0.05, 0.1) is 0 Å². The van der Waals surface area contributed by atoms with E-state index in [1.54, 1.807) is 0 Å². The Bertz CT molecular complexity index is 477. The molecule has 2 aromatic rings. The lowest BCUT2D eigenvalue weighted by molar-refractivity contribution is 1.12. The second kappa shape index (κ2) is 5.03. The average Bonchev–Trinajstić information content (AvgIpc) is 2.30. The third-order valence-corrected chi connectivity index (χ3v) is 3.38. The third-order valence-electron chi connectivity index (χ3n) is 2.54. The minimum absolute atomic E-state index is 0.329. The number of rotatable bonds is 2. The van der Waals surface area contributed by atoms with Crippen molar-refractivity contribution in [2.75, 3.05) is 0 Å². The van der Waals surface area contributed by atoms with E-state index < -0.39 is 0 Å². The molecule has 0 radical (unpaired) electrons. The summed E-state index contributed by atoms with van der Waals surface area (Å²) in [6.45, 7) is 2.09. The van der Waals surface area contributed by atoms with Crippen LogP contribution in [0.4, 0.5) is 0 Å². The minimum atomic E-state index is 0.329. The third kappa shape index (κ3) is 2.47. The Morgan fingerprint density at radius 3 is 2.31 bits per heavy atom. The number of alkyl halides is 1. The molecular formula is C14H12BrCl. The standard InChI is InChI=1S/C14H12BrCl/c1-10(15)12-7-8-13(14(16)9-12)11-5-3-2-4-6-11/h2-10H,1H3. The average molecular weight is 296 g/mol. The van der Waals surface area contributed by atoms with E-state index in [1.807, 2.05) is 24.3 Å². The van der Waals surface area contributed by atoms with Crippen LogP contribution in [0, 0.1) is 0 Å². The molecule has 2 aromatic carbocycles. The lowest BCUT2D eigenvalue weighted by atomic mass is 10.0. The highest BCUT2D eigenvalue weighted by Gasteiger charge is 2.06. The van der Waals surface area contributed by atoms with Crippen molar-refractivity contribution in [2.24, 2.45) is 0 Å². The maximum Gasteiger partial charge on any atom is 0.0487 e. The SMILES string of the molecule is CC(Br)c1ccc(-c2ccccc2)c(Cl)c1. The Morgan fingerprint density at radius 1 is 1.06 bits per heavy atom. The maximum atomic E-state index is 6.29. The fraction of sp³-hybridized carbons (Fsp3) is 0.143. The quantitative estimate of drug-likeness (QED) is 0.645. The molecule has 2 heteroatoms. The molecule has 0 fully saturated rings. The molecule has 0 saturated carbocycles. The zero-order chi connectivity index (χ0) is 11.5. The largest absolute Gasteiger partial charge is 0.0842 e. The summed E-state index contributed by atoms with van der Waals surface area (Å²) in [7, 11) is 0. The highest BCUT2D eigenvalue weighted by atomic mass is 79.9. The van der Waals surface area contributed by atoms with Crippen molar-refractivity contribution in [1.82, 2.24) is 0 Å². The molecule has 0 amide bonds. The lowest BCUT2D eigenvalue weighted by Gasteiger charge is -2.08. The molecule has 16 heavy (non-hydrogen) atoms. The Balaban J connectivity index is 2.45. The van der Waals surface area contributed by atoms with E-state index in [4.69, 9.17) is 11.6 Å². The molecule has 0 spiro atoms. The molecule has 0 aliphatic rings. The van der Waals surface area contributed by atoms with Crippen LogP contribution in [0.5, 0.6) is 0 Å². The number of hydrogen-bond acceptors (Lipinski definition) is 0. The molecule has 1 atom stereocenters. The smallest absolute Gasteiger partial charge is 0.0487 e. The monoisotopic (exact) mass is 294 g/mol. The second-order valence-corrected chi connectivity index (χ2v) is 5.50. The van der Waals surface area contributed by atoms with Gasteiger partial charge in [-0.25, -0.2) is 0 Å². The highest BCUT2D eigenvalue weighted by Crippen LogP contribution is 2.32. The van der Waals surface area contributed by atoms with Gasteiger partial charge in [-0.2, -0.15) is 0 Å². The molecule has 0 saturated heterocycles. The first-order valence-electron chi connectivity index (χ1n) is 5.17. The predicted molar refractivity (Wildman–Crippen MR) is 74.2 cm³/mol. The van der Waals surface area contributed by atoms with Crippen LogP contribution in [0.2, 0.25) is 5.02 Å². The molecule has 0 aliphatic carbocycles. The molecule has 0 nitrogen and oxygen atoms in total. The fourth-order valence-corrected chi connectivity index (χ4v) is 2.21. The zero-order valence-electron chi connectivity index (χ0n) is 8.95. The van der Waals surface area contributed by atoms with Gasteiger partial charge in [-0.3, -0.25) is 0 Å². The van der Waals surface area contributed by atoms with Crippen LogP contribution in [0.15, 0.2) is 48.5 Å². The Hall–Kier alpha value is -0.790. The summed E-state index contributed by atoms with van der Waals surface area (Å²) in [6.07, 6.45) is 0. The summed E-state index contributed by atoms with van der Waals surface area (Å²) >= 11 is 9.83. The zero-order valence-corrected chi connectivity index (χ0v) is 11.3. The van der Waals surface area contributed by atoms with Crippen LogP contribution in [0.1, 0.15) is 17.3 Å². The van der Waals surface area contributed by atoms with E-state index in [0.717, 1.165) is 16.1 Å². The van der Waals surface area contributed by atoms with Crippen LogP contribution in [0.25, 0.3) is 11.1 Å².